The van der Waals surface area contributed by atoms with E-state index in [1.807, 2.05) is 0 Å². The van der Waals surface area contributed by atoms with Crippen molar-refractivity contribution in [2.75, 3.05) is 14.1 Å². The number of ketones is 1. The van der Waals surface area contributed by atoms with Gasteiger partial charge in [-0.15, -0.1) is 0 Å². The molecule has 3 nitrogen and oxygen atoms in total. The van der Waals surface area contributed by atoms with E-state index in [1.54, 1.807) is 14.1 Å². The minimum atomic E-state index is -0.0324. The molecule has 0 aliphatic carbocycles. The third-order valence-electron chi connectivity index (χ3n) is 0.794. The van der Waals surface area contributed by atoms with Crippen LogP contribution in [0.1, 0.15) is 6.92 Å². The molecule has 46 valence electrons. The van der Waals surface area contributed by atoms with Gasteiger partial charge in [0.05, 0.1) is 0 Å². The van der Waals surface area contributed by atoms with Crippen molar-refractivity contribution in [2.24, 2.45) is 4.99 Å². The van der Waals surface area contributed by atoms with Gasteiger partial charge in [0.15, 0.2) is 11.6 Å². The highest BCUT2D eigenvalue weighted by atomic mass is 16.1. The number of nitrogens with one attached hydrogen (secondary N) is 1. The van der Waals surface area contributed by atoms with Gasteiger partial charge in [0.25, 0.3) is 0 Å². The van der Waals surface area contributed by atoms with E-state index in [2.05, 4.69) is 10.3 Å². The van der Waals surface area contributed by atoms with Crippen LogP contribution in [-0.2, 0) is 4.79 Å². The summed E-state index contributed by atoms with van der Waals surface area (Å²) in [7, 11) is 3.25. The van der Waals surface area contributed by atoms with Crippen LogP contribution in [0.4, 0.5) is 0 Å². The number of aliphatic imine (C=N–C) groups is 1. The molecule has 8 heavy (non-hydrogen) atoms. The predicted octanol–water partition coefficient (Wildman–Crippen LogP) is -0.177. The molecule has 0 aliphatic rings. The quantitative estimate of drug-likeness (QED) is 0.379. The van der Waals surface area contributed by atoms with Crippen molar-refractivity contribution in [3.63, 3.8) is 0 Å². The standard InChI is InChI=1S/C5H10N2O/c1-4(8)5(6-2)7-3/h1-3H3,(H,6,7). The summed E-state index contributed by atoms with van der Waals surface area (Å²) < 4.78 is 0. The third-order valence-corrected chi connectivity index (χ3v) is 0.794. The lowest BCUT2D eigenvalue weighted by molar-refractivity contribution is -0.111. The summed E-state index contributed by atoms with van der Waals surface area (Å²) in [6, 6.07) is 0. The smallest absolute Gasteiger partial charge is 0.194 e. The molecule has 0 amide bonds. The van der Waals surface area contributed by atoms with Crippen molar-refractivity contribution >= 4 is 11.6 Å². The molecule has 0 rings (SSSR count). The van der Waals surface area contributed by atoms with E-state index in [0.717, 1.165) is 0 Å². The van der Waals surface area contributed by atoms with Crippen LogP contribution >= 0.6 is 0 Å². The van der Waals surface area contributed by atoms with Crippen LogP contribution in [0.25, 0.3) is 0 Å². The van der Waals surface area contributed by atoms with Crippen LogP contribution in [0.3, 0.4) is 0 Å². The lowest BCUT2D eigenvalue weighted by Crippen LogP contribution is -2.25. The number of likely N-dealkylation sites (N-methyl/N-ethyl adjacent to an activating group) is 1. The molecule has 0 unspecified atom stereocenters. The molecule has 0 saturated carbocycles. The van der Waals surface area contributed by atoms with Crippen LogP contribution in [0.2, 0.25) is 0 Å². The number of amidine groups is 1. The van der Waals surface area contributed by atoms with Gasteiger partial charge in [-0.05, 0) is 0 Å². The minimum absolute atomic E-state index is 0.0324. The average molecular weight is 114 g/mol. The van der Waals surface area contributed by atoms with Crippen LogP contribution in [-0.4, -0.2) is 25.7 Å². The Morgan fingerprint density at radius 1 is 1.62 bits per heavy atom. The normalized spacial score (nSPS) is 11.1. The number of Topliss-reactive ketones (excluding diaryl/α,β-unsaturated/α-hetero) is 1. The molecule has 0 atom stereocenters. The topological polar surface area (TPSA) is 41.5 Å². The fraction of sp³-hybridized carbons (Fsp3) is 0.600. The zero-order chi connectivity index (χ0) is 6.57. The molecule has 0 aromatic rings. The van der Waals surface area contributed by atoms with Gasteiger partial charge >= 0.3 is 0 Å². The maximum Gasteiger partial charge on any atom is 0.194 e. The van der Waals surface area contributed by atoms with E-state index in [4.69, 9.17) is 0 Å². The first kappa shape index (κ1) is 7.14. The average Bonchev–Trinajstić information content (AvgIpc) is 1.69. The van der Waals surface area contributed by atoms with E-state index in [0.29, 0.717) is 5.84 Å². The van der Waals surface area contributed by atoms with Gasteiger partial charge in [-0.1, -0.05) is 0 Å². The summed E-state index contributed by atoms with van der Waals surface area (Å²) in [6.45, 7) is 1.47. The van der Waals surface area contributed by atoms with Gasteiger partial charge in [-0.3, -0.25) is 9.79 Å². The maximum absolute atomic E-state index is 10.4. The monoisotopic (exact) mass is 114 g/mol. The molecule has 0 spiro atoms. The summed E-state index contributed by atoms with van der Waals surface area (Å²) in [4.78, 5) is 14.1. The van der Waals surface area contributed by atoms with Crippen molar-refractivity contribution in [1.29, 1.82) is 0 Å². The highest BCUT2D eigenvalue weighted by Crippen LogP contribution is 1.70. The van der Waals surface area contributed by atoms with Gasteiger partial charge in [0, 0.05) is 21.0 Å². The lowest BCUT2D eigenvalue weighted by atomic mass is 10.4. The van der Waals surface area contributed by atoms with Crippen molar-refractivity contribution < 1.29 is 4.79 Å². The molecule has 0 fully saturated rings. The van der Waals surface area contributed by atoms with Gasteiger partial charge in [0.2, 0.25) is 0 Å². The Morgan fingerprint density at radius 2 is 2.12 bits per heavy atom. The Morgan fingerprint density at radius 3 is 2.12 bits per heavy atom. The van der Waals surface area contributed by atoms with E-state index < -0.39 is 0 Å². The van der Waals surface area contributed by atoms with Gasteiger partial charge in [-0.2, -0.15) is 0 Å². The fourth-order valence-corrected chi connectivity index (χ4v) is 0.445. The summed E-state index contributed by atoms with van der Waals surface area (Å²) in [5.41, 5.74) is 0. The first-order chi connectivity index (χ1) is 3.72. The van der Waals surface area contributed by atoms with Crippen molar-refractivity contribution in [3.05, 3.63) is 0 Å². The molecule has 0 aromatic heterocycles. The Kier molecular flexibility index (Phi) is 2.84. The molecule has 0 aromatic carbocycles. The summed E-state index contributed by atoms with van der Waals surface area (Å²) >= 11 is 0. The molecular formula is C5H10N2O. The Bertz CT molecular complexity index is 118. The largest absolute Gasteiger partial charge is 0.371 e. The predicted molar refractivity (Wildman–Crippen MR) is 33.1 cm³/mol. The second-order valence-corrected chi connectivity index (χ2v) is 1.38. The Hall–Kier alpha value is -0.860. The van der Waals surface area contributed by atoms with Crippen LogP contribution in [0, 0.1) is 0 Å². The lowest BCUT2D eigenvalue weighted by Gasteiger charge is -1.95. The first-order valence-corrected chi connectivity index (χ1v) is 2.37. The summed E-state index contributed by atoms with van der Waals surface area (Å²) in [6.07, 6.45) is 0. The van der Waals surface area contributed by atoms with Crippen molar-refractivity contribution in [3.8, 4) is 0 Å². The third kappa shape index (κ3) is 1.73. The number of hydrogen-bond donors (Lipinski definition) is 1. The molecule has 0 radical (unpaired) electrons. The number of rotatable bonds is 1. The minimum Gasteiger partial charge on any atom is -0.371 e. The summed E-state index contributed by atoms with van der Waals surface area (Å²) in [5, 5.41) is 2.65. The number of carbonyl (C=O) groups is 1. The van der Waals surface area contributed by atoms with Gasteiger partial charge < -0.3 is 5.32 Å². The molecule has 0 bridgehead atoms. The number of hydrogen-bond acceptors (Lipinski definition) is 2. The highest BCUT2D eigenvalue weighted by Gasteiger charge is 1.97. The van der Waals surface area contributed by atoms with Gasteiger partial charge in [0.1, 0.15) is 0 Å². The first-order valence-electron chi connectivity index (χ1n) is 2.37. The molecule has 0 saturated heterocycles. The van der Waals surface area contributed by atoms with Crippen LogP contribution < -0.4 is 5.32 Å². The van der Waals surface area contributed by atoms with Gasteiger partial charge in [-0.25, -0.2) is 0 Å². The Labute approximate surface area is 48.8 Å². The van der Waals surface area contributed by atoms with E-state index in [9.17, 15) is 4.79 Å². The Balaban J connectivity index is 3.92. The molecular weight excluding hydrogens is 104 g/mol. The second kappa shape index (κ2) is 3.18. The van der Waals surface area contributed by atoms with Crippen LogP contribution in [0.15, 0.2) is 4.99 Å². The number of carbonyl (C=O) groups excluding carboxylic acids is 1. The highest BCUT2D eigenvalue weighted by molar-refractivity contribution is 6.37. The SMILES string of the molecule is CN=C(NC)C(C)=O. The van der Waals surface area contributed by atoms with Crippen molar-refractivity contribution in [1.82, 2.24) is 5.32 Å². The molecule has 0 aliphatic heterocycles. The molecule has 1 N–H and O–H groups in total. The fourth-order valence-electron chi connectivity index (χ4n) is 0.445. The summed E-state index contributed by atoms with van der Waals surface area (Å²) in [5.74, 6) is 0.389. The molecule has 3 heteroatoms. The maximum atomic E-state index is 10.4. The van der Waals surface area contributed by atoms with Crippen LogP contribution in [0.5, 0.6) is 0 Å². The second-order valence-electron chi connectivity index (χ2n) is 1.38. The molecule has 0 heterocycles. The zero-order valence-corrected chi connectivity index (χ0v) is 5.36. The number of nitrogens with zero attached hydrogens (tertiary/aromatic N) is 1. The van der Waals surface area contributed by atoms with Crippen molar-refractivity contribution in [2.45, 2.75) is 6.92 Å². The van der Waals surface area contributed by atoms with E-state index in [1.165, 1.54) is 6.92 Å². The zero-order valence-electron chi connectivity index (χ0n) is 5.36. The van der Waals surface area contributed by atoms with E-state index in [-0.39, 0.29) is 5.78 Å². The van der Waals surface area contributed by atoms with E-state index >= 15 is 0 Å².